The second kappa shape index (κ2) is 16.2. The second-order valence-electron chi connectivity index (χ2n) is 17.8. The Labute approximate surface area is 356 Å². The fourth-order valence-electron chi connectivity index (χ4n) is 9.02. The Morgan fingerprint density at radius 3 is 2.27 bits per heavy atom. The number of piperazine rings is 1. The van der Waals surface area contributed by atoms with Crippen LogP contribution in [0.2, 0.25) is 0 Å². The molecule has 0 radical (unpaired) electrons. The standard InChI is InChI=1S/C44H50F3N9O6/c1-42(2,54-20-18-53(19-21-54)28-8-9-29-30(23-28)41(61)56(40(29)60)35-10-11-37(57)50-39(35)59)14-17-52-15-12-27(13-16-52)55-25-26-22-34(31(43(3,4)62)24-33(26)51-55)49-38(58)32-6-5-7-36(48-32)44(45,46)47/h5-9,22-25,27,35,62H,10-21H2,1-4H3,(H,49,58)(H,50,57,59). The molecular weight excluding hydrogens is 808 g/mol. The third kappa shape index (κ3) is 8.55. The molecule has 2 aromatic carbocycles. The molecule has 328 valence electrons. The van der Waals surface area contributed by atoms with Crippen molar-refractivity contribution < 1.29 is 42.3 Å². The molecule has 4 aliphatic heterocycles. The molecule has 3 N–H and O–H groups in total. The van der Waals surface area contributed by atoms with E-state index in [4.69, 9.17) is 5.10 Å². The number of imide groups is 2. The fraction of sp³-hybridized carbons (Fsp3) is 0.477. The summed E-state index contributed by atoms with van der Waals surface area (Å²) in [6.07, 6.45) is 0.0806. The maximum absolute atomic E-state index is 13.4. The number of piperidine rings is 2. The molecule has 8 rings (SSSR count). The zero-order valence-electron chi connectivity index (χ0n) is 35.1. The molecule has 15 nitrogen and oxygen atoms in total. The Hall–Kier alpha value is -5.72. The molecule has 1 atom stereocenters. The number of aromatic nitrogens is 3. The van der Waals surface area contributed by atoms with Crippen LogP contribution in [0, 0.1) is 0 Å². The van der Waals surface area contributed by atoms with Crippen molar-refractivity contribution in [3.05, 3.63) is 82.8 Å². The summed E-state index contributed by atoms with van der Waals surface area (Å²) in [5.74, 6) is -2.90. The largest absolute Gasteiger partial charge is 0.433 e. The number of likely N-dealkylation sites (tertiary alicyclic amines) is 1. The number of amides is 5. The molecule has 4 aliphatic rings. The van der Waals surface area contributed by atoms with Gasteiger partial charge in [0.1, 0.15) is 17.4 Å². The van der Waals surface area contributed by atoms with E-state index in [1.165, 1.54) is 6.07 Å². The molecule has 4 aromatic rings. The number of alkyl halides is 3. The third-order valence-corrected chi connectivity index (χ3v) is 12.7. The lowest BCUT2D eigenvalue weighted by atomic mass is 9.95. The number of fused-ring (bicyclic) bond motifs is 2. The lowest BCUT2D eigenvalue weighted by Crippen LogP contribution is -2.55. The highest BCUT2D eigenvalue weighted by Gasteiger charge is 2.45. The third-order valence-electron chi connectivity index (χ3n) is 12.7. The highest BCUT2D eigenvalue weighted by atomic mass is 19.4. The Bertz CT molecular complexity index is 2450. The molecule has 18 heteroatoms. The number of rotatable bonds is 10. The number of aliphatic hydroxyl groups is 1. The summed E-state index contributed by atoms with van der Waals surface area (Å²) in [4.78, 5) is 75.4. The van der Waals surface area contributed by atoms with Gasteiger partial charge in [-0.2, -0.15) is 18.3 Å². The number of carbonyl (C=O) groups excluding carboxylic acids is 5. The van der Waals surface area contributed by atoms with Crippen molar-refractivity contribution in [1.29, 1.82) is 0 Å². The van der Waals surface area contributed by atoms with Crippen molar-refractivity contribution in [2.75, 3.05) is 56.0 Å². The van der Waals surface area contributed by atoms with Gasteiger partial charge in [-0.25, -0.2) is 4.98 Å². The number of hydrogen-bond acceptors (Lipinski definition) is 11. The number of nitrogens with one attached hydrogen (secondary N) is 2. The first-order valence-electron chi connectivity index (χ1n) is 21.0. The number of anilines is 2. The van der Waals surface area contributed by atoms with Crippen LogP contribution >= 0.6 is 0 Å². The van der Waals surface area contributed by atoms with E-state index in [0.717, 1.165) is 87.8 Å². The zero-order valence-corrected chi connectivity index (χ0v) is 35.1. The van der Waals surface area contributed by atoms with Crippen molar-refractivity contribution in [2.24, 2.45) is 0 Å². The van der Waals surface area contributed by atoms with Crippen molar-refractivity contribution in [3.63, 3.8) is 0 Å². The van der Waals surface area contributed by atoms with Gasteiger partial charge >= 0.3 is 6.18 Å². The van der Waals surface area contributed by atoms with E-state index in [-0.39, 0.29) is 41.2 Å². The average molecular weight is 858 g/mol. The van der Waals surface area contributed by atoms with Crippen LogP contribution in [0.4, 0.5) is 24.5 Å². The molecule has 0 saturated carbocycles. The summed E-state index contributed by atoms with van der Waals surface area (Å²) >= 11 is 0. The predicted octanol–water partition coefficient (Wildman–Crippen LogP) is 4.96. The van der Waals surface area contributed by atoms with Crippen LogP contribution in [0.3, 0.4) is 0 Å². The van der Waals surface area contributed by atoms with Gasteiger partial charge in [0.2, 0.25) is 11.8 Å². The molecule has 0 aliphatic carbocycles. The highest BCUT2D eigenvalue weighted by molar-refractivity contribution is 6.23. The summed E-state index contributed by atoms with van der Waals surface area (Å²) in [6.45, 7) is 13.5. The van der Waals surface area contributed by atoms with Gasteiger partial charge in [0, 0.05) is 79.7 Å². The van der Waals surface area contributed by atoms with E-state index in [1.54, 1.807) is 38.1 Å². The van der Waals surface area contributed by atoms with Crippen molar-refractivity contribution in [3.8, 4) is 0 Å². The normalized spacial score (nSPS) is 20.0. The van der Waals surface area contributed by atoms with E-state index in [1.807, 2.05) is 16.9 Å². The quantitative estimate of drug-likeness (QED) is 0.184. The lowest BCUT2D eigenvalue weighted by molar-refractivity contribution is -0.141. The van der Waals surface area contributed by atoms with Crippen molar-refractivity contribution in [2.45, 2.75) is 89.2 Å². The van der Waals surface area contributed by atoms with Crippen LogP contribution in [-0.2, 0) is 21.4 Å². The first-order valence-corrected chi connectivity index (χ1v) is 21.0. The summed E-state index contributed by atoms with van der Waals surface area (Å²) in [5.41, 5.74) is -0.413. The molecule has 3 fully saturated rings. The van der Waals surface area contributed by atoms with Crippen LogP contribution in [0.5, 0.6) is 0 Å². The highest BCUT2D eigenvalue weighted by Crippen LogP contribution is 2.35. The van der Waals surface area contributed by atoms with Gasteiger partial charge in [0.25, 0.3) is 17.7 Å². The van der Waals surface area contributed by atoms with Crippen LogP contribution in [0.25, 0.3) is 10.9 Å². The molecule has 5 amide bonds. The Morgan fingerprint density at radius 2 is 1.60 bits per heavy atom. The van der Waals surface area contributed by atoms with Gasteiger partial charge in [-0.1, -0.05) is 6.07 Å². The minimum Gasteiger partial charge on any atom is -0.386 e. The molecular formula is C44H50F3N9O6. The maximum atomic E-state index is 13.4. The smallest absolute Gasteiger partial charge is 0.386 e. The summed E-state index contributed by atoms with van der Waals surface area (Å²) in [7, 11) is 0. The Kier molecular flexibility index (Phi) is 11.2. The van der Waals surface area contributed by atoms with E-state index in [0.29, 0.717) is 16.5 Å². The summed E-state index contributed by atoms with van der Waals surface area (Å²) < 4.78 is 41.7. The van der Waals surface area contributed by atoms with Gasteiger partial charge in [0.15, 0.2) is 0 Å². The van der Waals surface area contributed by atoms with E-state index >= 15 is 0 Å². The first-order chi connectivity index (χ1) is 29.3. The van der Waals surface area contributed by atoms with Gasteiger partial charge in [-0.05, 0) is 102 Å². The van der Waals surface area contributed by atoms with Crippen LogP contribution in [0.1, 0.15) is 108 Å². The monoisotopic (exact) mass is 857 g/mol. The van der Waals surface area contributed by atoms with Crippen molar-refractivity contribution >= 4 is 51.8 Å². The molecule has 0 spiro atoms. The van der Waals surface area contributed by atoms with Gasteiger partial charge in [-0.15, -0.1) is 0 Å². The molecule has 3 saturated heterocycles. The fourth-order valence-corrected chi connectivity index (χ4v) is 9.02. The van der Waals surface area contributed by atoms with Crippen LogP contribution in [-0.4, -0.2) is 122 Å². The Balaban J connectivity index is 0.843. The molecule has 0 bridgehead atoms. The van der Waals surface area contributed by atoms with E-state index < -0.39 is 58.7 Å². The van der Waals surface area contributed by atoms with Crippen LogP contribution in [0.15, 0.2) is 54.7 Å². The Morgan fingerprint density at radius 1 is 0.887 bits per heavy atom. The number of carbonyl (C=O) groups is 5. The number of benzene rings is 2. The minimum atomic E-state index is -4.70. The predicted molar refractivity (Wildman–Crippen MR) is 222 cm³/mol. The zero-order chi connectivity index (χ0) is 44.3. The lowest BCUT2D eigenvalue weighted by Gasteiger charge is -2.45. The van der Waals surface area contributed by atoms with E-state index in [9.17, 15) is 42.3 Å². The molecule has 62 heavy (non-hydrogen) atoms. The number of halogens is 3. The first kappa shape index (κ1) is 42.9. The molecule has 6 heterocycles. The topological polar surface area (TPSA) is 173 Å². The maximum Gasteiger partial charge on any atom is 0.433 e. The van der Waals surface area contributed by atoms with Crippen LogP contribution < -0.4 is 15.5 Å². The summed E-state index contributed by atoms with van der Waals surface area (Å²) in [5, 5.41) is 21.5. The number of nitrogens with zero attached hydrogens (tertiary/aromatic N) is 7. The number of hydrogen-bond donors (Lipinski definition) is 3. The molecule has 1 unspecified atom stereocenters. The van der Waals surface area contributed by atoms with Gasteiger partial charge in [0.05, 0.1) is 28.3 Å². The van der Waals surface area contributed by atoms with Gasteiger partial charge in [-0.3, -0.25) is 43.8 Å². The average Bonchev–Trinajstić information content (AvgIpc) is 3.76. The second-order valence-corrected chi connectivity index (χ2v) is 17.8. The van der Waals surface area contributed by atoms with Gasteiger partial charge < -0.3 is 20.2 Å². The van der Waals surface area contributed by atoms with E-state index in [2.05, 4.69) is 44.2 Å². The number of pyridine rings is 1. The summed E-state index contributed by atoms with van der Waals surface area (Å²) in [6, 6.07) is 10.9. The minimum absolute atomic E-state index is 0.0690. The van der Waals surface area contributed by atoms with Crippen molar-refractivity contribution in [1.82, 2.24) is 34.8 Å². The SMILES string of the molecule is CC(C)(O)c1cc2nn(C3CCN(CCC(C)(C)N4CCN(c5ccc6c(c5)C(=O)N(C5CCC(=O)NC5=O)C6=O)CC4)CC3)cc2cc1NC(=O)c1cccc(C(F)(F)F)n1. The molecule has 2 aromatic heterocycles.